The van der Waals surface area contributed by atoms with Gasteiger partial charge < -0.3 is 5.11 Å². The Labute approximate surface area is 62.4 Å². The number of rotatable bonds is 1. The van der Waals surface area contributed by atoms with E-state index in [2.05, 4.69) is 6.92 Å². The van der Waals surface area contributed by atoms with E-state index in [4.69, 9.17) is 5.11 Å². The van der Waals surface area contributed by atoms with Crippen LogP contribution in [0.4, 0.5) is 0 Å². The molecule has 0 aromatic carbocycles. The van der Waals surface area contributed by atoms with Gasteiger partial charge in [0.25, 0.3) is 0 Å². The zero-order chi connectivity index (χ0) is 7.19. The Bertz CT molecular complexity index is 144. The van der Waals surface area contributed by atoms with Gasteiger partial charge in [0.1, 0.15) is 0 Å². The lowest BCUT2D eigenvalue weighted by atomic mass is 9.77. The molecule has 2 rings (SSSR count). The SMILES string of the molecule is C[C@@]12CC[C@H](C[C@H]1CO)C2. The Morgan fingerprint density at radius 2 is 2.40 bits per heavy atom. The quantitative estimate of drug-likeness (QED) is 0.589. The molecule has 0 aromatic heterocycles. The summed E-state index contributed by atoms with van der Waals surface area (Å²) in [5, 5.41) is 9.05. The van der Waals surface area contributed by atoms with Crippen LogP contribution in [0.5, 0.6) is 0 Å². The van der Waals surface area contributed by atoms with Gasteiger partial charge in [-0.2, -0.15) is 0 Å². The van der Waals surface area contributed by atoms with Crippen LogP contribution in [0.15, 0.2) is 0 Å². The predicted molar refractivity (Wildman–Crippen MR) is 40.6 cm³/mol. The first-order valence-corrected chi connectivity index (χ1v) is 4.35. The molecule has 0 heterocycles. The molecule has 2 fully saturated rings. The Morgan fingerprint density at radius 1 is 1.60 bits per heavy atom. The van der Waals surface area contributed by atoms with Gasteiger partial charge in [0.2, 0.25) is 0 Å². The number of fused-ring (bicyclic) bond motifs is 2. The van der Waals surface area contributed by atoms with E-state index in [1.165, 1.54) is 25.7 Å². The molecule has 0 saturated heterocycles. The number of hydrogen-bond donors (Lipinski definition) is 1. The van der Waals surface area contributed by atoms with Crippen LogP contribution in [0.2, 0.25) is 0 Å². The maximum atomic E-state index is 9.05. The minimum atomic E-state index is 0.424. The molecule has 0 amide bonds. The summed E-state index contributed by atoms with van der Waals surface area (Å²) in [7, 11) is 0. The fourth-order valence-corrected chi connectivity index (χ4v) is 2.95. The number of hydrogen-bond acceptors (Lipinski definition) is 1. The van der Waals surface area contributed by atoms with Crippen LogP contribution in [0.3, 0.4) is 0 Å². The van der Waals surface area contributed by atoms with E-state index in [1.54, 1.807) is 0 Å². The molecule has 1 heteroatoms. The fourth-order valence-electron chi connectivity index (χ4n) is 2.95. The van der Waals surface area contributed by atoms with Crippen molar-refractivity contribution in [1.29, 1.82) is 0 Å². The summed E-state index contributed by atoms with van der Waals surface area (Å²) < 4.78 is 0. The molecule has 0 aliphatic heterocycles. The lowest BCUT2D eigenvalue weighted by Crippen LogP contribution is -2.24. The van der Waals surface area contributed by atoms with Crippen LogP contribution in [-0.4, -0.2) is 11.7 Å². The van der Waals surface area contributed by atoms with E-state index in [9.17, 15) is 0 Å². The number of aliphatic hydroxyl groups is 1. The molecule has 1 nitrogen and oxygen atoms in total. The van der Waals surface area contributed by atoms with Gasteiger partial charge in [-0.1, -0.05) is 6.92 Å². The van der Waals surface area contributed by atoms with E-state index in [0.717, 1.165) is 5.92 Å². The van der Waals surface area contributed by atoms with Gasteiger partial charge in [0.15, 0.2) is 0 Å². The van der Waals surface area contributed by atoms with E-state index < -0.39 is 0 Å². The Morgan fingerprint density at radius 3 is 2.70 bits per heavy atom. The highest BCUT2D eigenvalue weighted by Gasteiger charge is 2.47. The van der Waals surface area contributed by atoms with Crippen molar-refractivity contribution in [2.24, 2.45) is 17.3 Å². The van der Waals surface area contributed by atoms with E-state index >= 15 is 0 Å². The van der Waals surface area contributed by atoms with Crippen LogP contribution in [0.25, 0.3) is 0 Å². The predicted octanol–water partition coefficient (Wildman–Crippen LogP) is 1.80. The van der Waals surface area contributed by atoms with Crippen molar-refractivity contribution < 1.29 is 5.11 Å². The normalized spacial score (nSPS) is 52.2. The average Bonchev–Trinajstić information content (AvgIpc) is 2.41. The van der Waals surface area contributed by atoms with E-state index in [1.807, 2.05) is 0 Å². The molecule has 2 aliphatic rings. The first kappa shape index (κ1) is 6.66. The van der Waals surface area contributed by atoms with Crippen LogP contribution >= 0.6 is 0 Å². The molecule has 0 radical (unpaired) electrons. The summed E-state index contributed by atoms with van der Waals surface area (Å²) in [6, 6.07) is 0. The smallest absolute Gasteiger partial charge is 0.0464 e. The molecule has 0 spiro atoms. The van der Waals surface area contributed by atoms with E-state index in [0.29, 0.717) is 17.9 Å². The van der Waals surface area contributed by atoms with Crippen molar-refractivity contribution in [3.05, 3.63) is 0 Å². The maximum Gasteiger partial charge on any atom is 0.0464 e. The topological polar surface area (TPSA) is 20.2 Å². The van der Waals surface area contributed by atoms with Gasteiger partial charge in [-0.25, -0.2) is 0 Å². The Balaban J connectivity index is 2.14. The maximum absolute atomic E-state index is 9.05. The molecule has 10 heavy (non-hydrogen) atoms. The summed E-state index contributed by atoms with van der Waals surface area (Å²) in [5.74, 6) is 1.59. The van der Waals surface area contributed by atoms with Crippen molar-refractivity contribution in [2.45, 2.75) is 32.6 Å². The van der Waals surface area contributed by atoms with Crippen LogP contribution < -0.4 is 0 Å². The minimum absolute atomic E-state index is 0.424. The second-order valence-electron chi connectivity index (χ2n) is 4.38. The monoisotopic (exact) mass is 140 g/mol. The summed E-state index contributed by atoms with van der Waals surface area (Å²) >= 11 is 0. The molecular weight excluding hydrogens is 124 g/mol. The highest BCUT2D eigenvalue weighted by Crippen LogP contribution is 2.56. The third-order valence-corrected chi connectivity index (χ3v) is 3.70. The molecule has 2 saturated carbocycles. The van der Waals surface area contributed by atoms with Gasteiger partial charge in [-0.05, 0) is 42.9 Å². The highest BCUT2D eigenvalue weighted by atomic mass is 16.3. The van der Waals surface area contributed by atoms with Crippen LogP contribution in [0.1, 0.15) is 32.6 Å². The molecule has 0 aromatic rings. The third kappa shape index (κ3) is 0.731. The molecular formula is C9H16O. The fraction of sp³-hybridized carbons (Fsp3) is 1.00. The largest absolute Gasteiger partial charge is 0.396 e. The Kier molecular flexibility index (Phi) is 1.31. The van der Waals surface area contributed by atoms with E-state index in [-0.39, 0.29) is 0 Å². The second-order valence-corrected chi connectivity index (χ2v) is 4.38. The van der Waals surface area contributed by atoms with Gasteiger partial charge in [-0.15, -0.1) is 0 Å². The van der Waals surface area contributed by atoms with Gasteiger partial charge in [-0.3, -0.25) is 0 Å². The molecule has 1 N–H and O–H groups in total. The van der Waals surface area contributed by atoms with Crippen LogP contribution in [0, 0.1) is 17.3 Å². The lowest BCUT2D eigenvalue weighted by molar-refractivity contribution is 0.118. The molecule has 2 bridgehead atoms. The number of aliphatic hydroxyl groups excluding tert-OH is 1. The van der Waals surface area contributed by atoms with Gasteiger partial charge in [0.05, 0.1) is 0 Å². The summed E-state index contributed by atoms with van der Waals surface area (Å²) in [6.45, 7) is 2.77. The summed E-state index contributed by atoms with van der Waals surface area (Å²) in [4.78, 5) is 0. The second kappa shape index (κ2) is 1.97. The van der Waals surface area contributed by atoms with Gasteiger partial charge in [0, 0.05) is 6.61 Å². The third-order valence-electron chi connectivity index (χ3n) is 3.70. The molecule has 58 valence electrons. The first-order chi connectivity index (χ1) is 4.74. The van der Waals surface area contributed by atoms with Crippen molar-refractivity contribution in [1.82, 2.24) is 0 Å². The first-order valence-electron chi connectivity index (χ1n) is 4.35. The highest BCUT2D eigenvalue weighted by molar-refractivity contribution is 4.98. The molecule has 2 aliphatic carbocycles. The van der Waals surface area contributed by atoms with Crippen molar-refractivity contribution in [2.75, 3.05) is 6.61 Å². The Hall–Kier alpha value is -0.0400. The molecule has 3 atom stereocenters. The van der Waals surface area contributed by atoms with Crippen LogP contribution in [-0.2, 0) is 0 Å². The summed E-state index contributed by atoms with van der Waals surface area (Å²) in [5.41, 5.74) is 0.527. The zero-order valence-electron chi connectivity index (χ0n) is 6.64. The zero-order valence-corrected chi connectivity index (χ0v) is 6.64. The van der Waals surface area contributed by atoms with Crippen molar-refractivity contribution >= 4 is 0 Å². The molecule has 0 unspecified atom stereocenters. The lowest BCUT2D eigenvalue weighted by Gasteiger charge is -2.29. The van der Waals surface area contributed by atoms with Crippen molar-refractivity contribution in [3.8, 4) is 0 Å². The summed E-state index contributed by atoms with van der Waals surface area (Å²) in [6.07, 6.45) is 5.47. The standard InChI is InChI=1S/C9H16O/c1-9-3-2-7(5-9)4-8(9)6-10/h7-8,10H,2-6H2,1H3/t7-,8+,9+/m1/s1. The average molecular weight is 140 g/mol. The van der Waals surface area contributed by atoms with Gasteiger partial charge >= 0.3 is 0 Å². The minimum Gasteiger partial charge on any atom is -0.396 e. The van der Waals surface area contributed by atoms with Crippen molar-refractivity contribution in [3.63, 3.8) is 0 Å².